The number of amides is 3. The molecule has 0 radical (unpaired) electrons. The number of hydrogen-bond acceptors (Lipinski definition) is 7. The quantitative estimate of drug-likeness (QED) is 0.457. The Kier molecular flexibility index (Phi) is 6.63. The van der Waals surface area contributed by atoms with Gasteiger partial charge in [0.2, 0.25) is 0 Å². The van der Waals surface area contributed by atoms with Crippen molar-refractivity contribution in [2.24, 2.45) is 0 Å². The average Bonchev–Trinajstić information content (AvgIpc) is 3.30. The molecule has 0 saturated heterocycles. The van der Waals surface area contributed by atoms with E-state index in [0.717, 1.165) is 17.5 Å². The van der Waals surface area contributed by atoms with E-state index in [9.17, 15) is 27.6 Å². The molecule has 1 aromatic carbocycles. The zero-order valence-corrected chi connectivity index (χ0v) is 19.3. The number of nitrogens with zero attached hydrogens (tertiary/aromatic N) is 2. The molecule has 182 valence electrons. The number of ether oxygens (including phenoxy) is 1. The fourth-order valence-corrected chi connectivity index (χ4v) is 4.09. The fourth-order valence-electron chi connectivity index (χ4n) is 3.06. The van der Waals surface area contributed by atoms with Crippen LogP contribution in [0.2, 0.25) is 5.02 Å². The SMILES string of the molecule is C[C@@H](NC(=O)c1ccc2c(c1)NC(=O)CO2)c1ncc(C(=O)Nc2cc(C(F)(F)F)c(Cl)cn2)s1. The predicted molar refractivity (Wildman–Crippen MR) is 121 cm³/mol. The van der Waals surface area contributed by atoms with Gasteiger partial charge >= 0.3 is 6.18 Å². The first kappa shape index (κ1) is 24.4. The average molecular weight is 526 g/mol. The Hall–Kier alpha value is -3.71. The van der Waals surface area contributed by atoms with E-state index in [1.165, 1.54) is 18.3 Å². The molecule has 3 heterocycles. The molecule has 35 heavy (non-hydrogen) atoms. The van der Waals surface area contributed by atoms with E-state index in [1.807, 2.05) is 0 Å². The third kappa shape index (κ3) is 5.52. The van der Waals surface area contributed by atoms with E-state index in [0.29, 0.717) is 22.5 Å². The minimum absolute atomic E-state index is 0.0973. The molecule has 1 atom stereocenters. The van der Waals surface area contributed by atoms with Crippen molar-refractivity contribution in [2.75, 3.05) is 17.2 Å². The summed E-state index contributed by atoms with van der Waals surface area (Å²) in [4.78, 5) is 44.5. The van der Waals surface area contributed by atoms with Gasteiger partial charge in [-0.15, -0.1) is 11.3 Å². The summed E-state index contributed by atoms with van der Waals surface area (Å²) in [5, 5.41) is 7.43. The van der Waals surface area contributed by atoms with Crippen molar-refractivity contribution in [1.29, 1.82) is 0 Å². The van der Waals surface area contributed by atoms with Crippen molar-refractivity contribution in [3.05, 3.63) is 62.7 Å². The van der Waals surface area contributed by atoms with Crippen molar-refractivity contribution in [1.82, 2.24) is 15.3 Å². The number of fused-ring (bicyclic) bond motifs is 1. The number of halogens is 4. The van der Waals surface area contributed by atoms with Crippen LogP contribution in [0.15, 0.2) is 36.7 Å². The van der Waals surface area contributed by atoms with Gasteiger partial charge in [-0.25, -0.2) is 9.97 Å². The van der Waals surface area contributed by atoms with Crippen LogP contribution in [0, 0.1) is 0 Å². The Morgan fingerprint density at radius 2 is 1.97 bits per heavy atom. The topological polar surface area (TPSA) is 122 Å². The number of anilines is 2. The van der Waals surface area contributed by atoms with Crippen LogP contribution in [0.25, 0.3) is 0 Å². The number of nitrogens with one attached hydrogen (secondary N) is 3. The molecule has 0 fully saturated rings. The third-order valence-corrected chi connectivity index (χ3v) is 6.22. The summed E-state index contributed by atoms with van der Waals surface area (Å²) in [6.45, 7) is 1.55. The monoisotopic (exact) mass is 525 g/mol. The normalized spacial score (nSPS) is 13.8. The minimum atomic E-state index is -4.71. The van der Waals surface area contributed by atoms with Gasteiger partial charge in [0.15, 0.2) is 6.61 Å². The van der Waals surface area contributed by atoms with E-state index in [2.05, 4.69) is 25.9 Å². The summed E-state index contributed by atoms with van der Waals surface area (Å²) in [5.41, 5.74) is -0.483. The maximum Gasteiger partial charge on any atom is 0.418 e. The number of hydrogen-bond donors (Lipinski definition) is 3. The molecular formula is C21H15ClF3N5O4S. The van der Waals surface area contributed by atoms with E-state index in [1.54, 1.807) is 13.0 Å². The van der Waals surface area contributed by atoms with Crippen LogP contribution in [-0.4, -0.2) is 34.3 Å². The Bertz CT molecular complexity index is 1330. The summed E-state index contributed by atoms with van der Waals surface area (Å²) in [6, 6.07) is 4.62. The first-order chi connectivity index (χ1) is 16.5. The largest absolute Gasteiger partial charge is 0.482 e. The molecule has 0 saturated carbocycles. The van der Waals surface area contributed by atoms with Crippen molar-refractivity contribution < 1.29 is 32.3 Å². The number of pyridine rings is 1. The lowest BCUT2D eigenvalue weighted by atomic mass is 10.1. The second kappa shape index (κ2) is 9.50. The number of rotatable bonds is 5. The molecule has 0 unspecified atom stereocenters. The van der Waals surface area contributed by atoms with Gasteiger partial charge in [-0.3, -0.25) is 14.4 Å². The summed E-state index contributed by atoms with van der Waals surface area (Å²) < 4.78 is 44.3. The maximum absolute atomic E-state index is 13.0. The summed E-state index contributed by atoms with van der Waals surface area (Å²) in [6.07, 6.45) is -2.67. The highest BCUT2D eigenvalue weighted by Crippen LogP contribution is 2.35. The summed E-state index contributed by atoms with van der Waals surface area (Å²) >= 11 is 6.49. The standard InChI is InChI=1S/C21H15ClF3N5O4S/c1-9(28-18(32)10-2-3-14-13(4-10)29-17(31)8-34-14)20-27-7-15(35-20)19(33)30-16-5-11(21(23,24)25)12(22)6-26-16/h2-7,9H,8H2,1H3,(H,28,32)(H,29,31)(H,26,30,33)/t9-/m1/s1. The van der Waals surface area contributed by atoms with Crippen molar-refractivity contribution in [3.8, 4) is 5.75 Å². The lowest BCUT2D eigenvalue weighted by molar-refractivity contribution is -0.137. The van der Waals surface area contributed by atoms with Gasteiger partial charge < -0.3 is 20.7 Å². The van der Waals surface area contributed by atoms with Crippen molar-refractivity contribution in [2.45, 2.75) is 19.1 Å². The zero-order valence-electron chi connectivity index (χ0n) is 17.7. The second-order valence-corrected chi connectivity index (χ2v) is 8.78. The molecule has 3 aromatic rings. The van der Waals surface area contributed by atoms with Crippen LogP contribution in [0.4, 0.5) is 24.7 Å². The molecule has 1 aliphatic rings. The van der Waals surface area contributed by atoms with Crippen LogP contribution in [0.5, 0.6) is 5.75 Å². The van der Waals surface area contributed by atoms with E-state index >= 15 is 0 Å². The number of benzene rings is 1. The third-order valence-electron chi connectivity index (χ3n) is 4.74. The highest BCUT2D eigenvalue weighted by Gasteiger charge is 2.34. The minimum Gasteiger partial charge on any atom is -0.482 e. The van der Waals surface area contributed by atoms with Gasteiger partial charge in [0, 0.05) is 11.8 Å². The van der Waals surface area contributed by atoms with Crippen LogP contribution in [0.1, 0.15) is 43.6 Å². The Labute approximate surface area is 204 Å². The number of thiazole rings is 1. The van der Waals surface area contributed by atoms with Gasteiger partial charge in [0.25, 0.3) is 17.7 Å². The summed E-state index contributed by atoms with van der Waals surface area (Å²) in [7, 11) is 0. The Morgan fingerprint density at radius 3 is 2.71 bits per heavy atom. The predicted octanol–water partition coefficient (Wildman–Crippen LogP) is 4.28. The van der Waals surface area contributed by atoms with Gasteiger partial charge in [0.05, 0.1) is 28.5 Å². The van der Waals surface area contributed by atoms with E-state index in [4.69, 9.17) is 16.3 Å². The molecule has 2 aromatic heterocycles. The molecule has 14 heteroatoms. The smallest absolute Gasteiger partial charge is 0.418 e. The molecule has 0 bridgehead atoms. The molecule has 3 N–H and O–H groups in total. The van der Waals surface area contributed by atoms with Crippen LogP contribution < -0.4 is 20.7 Å². The Balaban J connectivity index is 1.42. The fraction of sp³-hybridized carbons (Fsp3) is 0.190. The Morgan fingerprint density at radius 1 is 1.20 bits per heavy atom. The molecule has 4 rings (SSSR count). The molecule has 9 nitrogen and oxygen atoms in total. The maximum atomic E-state index is 13.0. The first-order valence-electron chi connectivity index (χ1n) is 9.88. The highest BCUT2D eigenvalue weighted by molar-refractivity contribution is 7.13. The van der Waals surface area contributed by atoms with Gasteiger partial charge in [-0.2, -0.15) is 13.2 Å². The molecular weight excluding hydrogens is 511 g/mol. The second-order valence-electron chi connectivity index (χ2n) is 7.31. The highest BCUT2D eigenvalue weighted by atomic mass is 35.5. The lowest BCUT2D eigenvalue weighted by Crippen LogP contribution is -2.28. The number of aromatic nitrogens is 2. The number of alkyl halides is 3. The van der Waals surface area contributed by atoms with Gasteiger partial charge in [0.1, 0.15) is 21.5 Å². The van der Waals surface area contributed by atoms with Crippen LogP contribution in [-0.2, 0) is 11.0 Å². The van der Waals surface area contributed by atoms with E-state index in [-0.39, 0.29) is 28.8 Å². The van der Waals surface area contributed by atoms with Gasteiger partial charge in [-0.1, -0.05) is 11.6 Å². The number of carbonyl (C=O) groups is 3. The molecule has 0 aliphatic carbocycles. The zero-order chi connectivity index (χ0) is 25.3. The molecule has 3 amide bonds. The van der Waals surface area contributed by atoms with E-state index < -0.39 is 34.6 Å². The van der Waals surface area contributed by atoms with Crippen molar-refractivity contribution in [3.63, 3.8) is 0 Å². The molecule has 0 spiro atoms. The van der Waals surface area contributed by atoms with Crippen LogP contribution in [0.3, 0.4) is 0 Å². The van der Waals surface area contributed by atoms with Crippen molar-refractivity contribution >= 4 is 52.2 Å². The number of carbonyl (C=O) groups excluding carboxylic acids is 3. The molecule has 1 aliphatic heterocycles. The first-order valence-corrected chi connectivity index (χ1v) is 11.1. The lowest BCUT2D eigenvalue weighted by Gasteiger charge is -2.18. The summed E-state index contributed by atoms with van der Waals surface area (Å²) in [5.74, 6) is -1.39. The van der Waals surface area contributed by atoms with Crippen LogP contribution >= 0.6 is 22.9 Å². The van der Waals surface area contributed by atoms with Gasteiger partial charge in [-0.05, 0) is 31.2 Å².